The van der Waals surface area contributed by atoms with Crippen LogP contribution in [0.25, 0.3) is 6.08 Å². The highest BCUT2D eigenvalue weighted by Crippen LogP contribution is 2.32. The summed E-state index contributed by atoms with van der Waals surface area (Å²) in [5.41, 5.74) is 3.25. The van der Waals surface area contributed by atoms with Crippen molar-refractivity contribution in [3.05, 3.63) is 90.1 Å². The fourth-order valence-corrected chi connectivity index (χ4v) is 5.27. The Balaban J connectivity index is 1.87. The molecule has 0 radical (unpaired) electrons. The third-order valence-electron chi connectivity index (χ3n) is 6.12. The molecule has 0 fully saturated rings. The molecule has 0 amide bonds. The van der Waals surface area contributed by atoms with Crippen LogP contribution in [0, 0.1) is 11.3 Å². The number of aromatic nitrogens is 1. The number of methoxy groups -OCH3 is 2. The van der Waals surface area contributed by atoms with Crippen LogP contribution in [0.5, 0.6) is 11.5 Å². The van der Waals surface area contributed by atoms with E-state index in [4.69, 9.17) is 19.5 Å². The summed E-state index contributed by atoms with van der Waals surface area (Å²) < 4.78 is 17.9. The molecule has 1 aliphatic heterocycles. The third-order valence-corrected chi connectivity index (χ3v) is 7.11. The zero-order valence-corrected chi connectivity index (χ0v) is 22.1. The number of esters is 1. The van der Waals surface area contributed by atoms with Gasteiger partial charge in [0.15, 0.2) is 22.9 Å². The molecule has 1 aliphatic rings. The van der Waals surface area contributed by atoms with Crippen molar-refractivity contribution in [3.63, 3.8) is 0 Å². The fraction of sp³-hybridized carbons (Fsp3) is 0.286. The smallest absolute Gasteiger partial charge is 0.338 e. The molecule has 1 atom stereocenters. The minimum Gasteiger partial charge on any atom is -0.493 e. The molecule has 0 saturated heterocycles. The van der Waals surface area contributed by atoms with Gasteiger partial charge in [-0.2, -0.15) is 5.26 Å². The Morgan fingerprint density at radius 1 is 1.19 bits per heavy atom. The topological polar surface area (TPSA) is 103 Å². The molecule has 4 rings (SSSR count). The lowest BCUT2D eigenvalue weighted by atomic mass is 9.93. The predicted octanol–water partition coefficient (Wildman–Crippen LogP) is 3.44. The molecule has 190 valence electrons. The van der Waals surface area contributed by atoms with Crippen molar-refractivity contribution < 1.29 is 19.0 Å². The lowest BCUT2D eigenvalue weighted by Gasteiger charge is -2.24. The number of carbonyl (C=O) groups excluding carboxylic acids is 1. The van der Waals surface area contributed by atoms with E-state index in [2.05, 4.69) is 18.8 Å². The number of fused-ring (bicyclic) bond motifs is 1. The molecule has 8 nitrogen and oxygen atoms in total. The van der Waals surface area contributed by atoms with E-state index >= 15 is 0 Å². The molecule has 0 N–H and O–H groups in total. The van der Waals surface area contributed by atoms with Gasteiger partial charge in [0, 0.05) is 0 Å². The van der Waals surface area contributed by atoms with Gasteiger partial charge in [-0.05, 0) is 47.7 Å². The molecule has 3 aromatic rings. The SMILES string of the molecule is COC(=O)C1=C(C)N=c2sc(=Cc3ccc(OCC#N)c(OC)c3)c(=O)n2[C@@H]1c1ccc(C(C)C)cc1. The predicted molar refractivity (Wildman–Crippen MR) is 140 cm³/mol. The lowest BCUT2D eigenvalue weighted by molar-refractivity contribution is -0.136. The first-order valence-electron chi connectivity index (χ1n) is 11.7. The van der Waals surface area contributed by atoms with Crippen molar-refractivity contribution in [3.8, 4) is 17.6 Å². The number of hydrogen-bond acceptors (Lipinski definition) is 8. The number of benzene rings is 2. The molecule has 0 saturated carbocycles. The Morgan fingerprint density at radius 3 is 2.54 bits per heavy atom. The number of hydrogen-bond donors (Lipinski definition) is 0. The Bertz CT molecular complexity index is 1590. The summed E-state index contributed by atoms with van der Waals surface area (Å²) in [4.78, 5) is 31.6. The largest absolute Gasteiger partial charge is 0.493 e. The van der Waals surface area contributed by atoms with Gasteiger partial charge in [0.25, 0.3) is 5.56 Å². The molecular weight excluding hydrogens is 490 g/mol. The normalized spacial score (nSPS) is 15.2. The van der Waals surface area contributed by atoms with Gasteiger partial charge in [0.1, 0.15) is 6.07 Å². The number of rotatable bonds is 7. The molecule has 1 aromatic heterocycles. The number of thiazole rings is 1. The van der Waals surface area contributed by atoms with E-state index in [1.54, 1.807) is 35.8 Å². The van der Waals surface area contributed by atoms with Crippen LogP contribution in [-0.2, 0) is 9.53 Å². The first kappa shape index (κ1) is 25.9. The lowest BCUT2D eigenvalue weighted by Crippen LogP contribution is -2.39. The molecule has 0 spiro atoms. The Kier molecular flexibility index (Phi) is 7.60. The maximum Gasteiger partial charge on any atom is 0.338 e. The second-order valence-corrected chi connectivity index (χ2v) is 9.76. The number of nitriles is 1. The van der Waals surface area contributed by atoms with Crippen LogP contribution in [-0.4, -0.2) is 31.4 Å². The second kappa shape index (κ2) is 10.8. The molecule has 9 heteroatoms. The number of carbonyl (C=O) groups is 1. The minimum absolute atomic E-state index is 0.103. The summed E-state index contributed by atoms with van der Waals surface area (Å²) in [5.74, 6) is 0.711. The van der Waals surface area contributed by atoms with Crippen molar-refractivity contribution in [2.45, 2.75) is 32.7 Å². The van der Waals surface area contributed by atoms with E-state index in [1.807, 2.05) is 30.3 Å². The van der Waals surface area contributed by atoms with Gasteiger partial charge in [-0.3, -0.25) is 9.36 Å². The highest BCUT2D eigenvalue weighted by Gasteiger charge is 2.33. The first-order valence-corrected chi connectivity index (χ1v) is 12.5. The van der Waals surface area contributed by atoms with Crippen LogP contribution in [0.3, 0.4) is 0 Å². The molecular formula is C28H27N3O5S. The summed E-state index contributed by atoms with van der Waals surface area (Å²) in [6, 6.07) is 14.4. The van der Waals surface area contributed by atoms with Crippen molar-refractivity contribution in [1.29, 1.82) is 5.26 Å². The van der Waals surface area contributed by atoms with E-state index in [1.165, 1.54) is 25.6 Å². The van der Waals surface area contributed by atoms with E-state index in [-0.39, 0.29) is 12.2 Å². The van der Waals surface area contributed by atoms with Crippen LogP contribution in [0.15, 0.2) is 63.5 Å². The Morgan fingerprint density at radius 2 is 1.92 bits per heavy atom. The zero-order chi connectivity index (χ0) is 26.7. The van der Waals surface area contributed by atoms with Crippen LogP contribution >= 0.6 is 11.3 Å². The van der Waals surface area contributed by atoms with Crippen molar-refractivity contribution in [1.82, 2.24) is 4.57 Å². The average molecular weight is 518 g/mol. The van der Waals surface area contributed by atoms with E-state index in [0.29, 0.717) is 43.6 Å². The zero-order valence-electron chi connectivity index (χ0n) is 21.3. The van der Waals surface area contributed by atoms with Crippen LogP contribution in [0.4, 0.5) is 0 Å². The second-order valence-electron chi connectivity index (χ2n) is 8.75. The van der Waals surface area contributed by atoms with Gasteiger partial charge in [-0.25, -0.2) is 9.79 Å². The van der Waals surface area contributed by atoms with Gasteiger partial charge in [0.05, 0.1) is 36.1 Å². The van der Waals surface area contributed by atoms with Gasteiger partial charge in [-0.15, -0.1) is 0 Å². The highest BCUT2D eigenvalue weighted by molar-refractivity contribution is 7.07. The summed E-state index contributed by atoms with van der Waals surface area (Å²) in [5, 5.41) is 8.78. The van der Waals surface area contributed by atoms with Crippen molar-refractivity contribution >= 4 is 23.4 Å². The summed E-state index contributed by atoms with van der Waals surface area (Å²) in [7, 11) is 2.83. The summed E-state index contributed by atoms with van der Waals surface area (Å²) in [6.45, 7) is 5.87. The van der Waals surface area contributed by atoms with E-state index < -0.39 is 12.0 Å². The van der Waals surface area contributed by atoms with Gasteiger partial charge in [0.2, 0.25) is 0 Å². The molecule has 0 unspecified atom stereocenters. The maximum absolute atomic E-state index is 13.7. The monoisotopic (exact) mass is 517 g/mol. The van der Waals surface area contributed by atoms with E-state index in [0.717, 1.165) is 11.1 Å². The van der Waals surface area contributed by atoms with Crippen molar-refractivity contribution in [2.24, 2.45) is 4.99 Å². The van der Waals surface area contributed by atoms with Crippen LogP contribution in [0.2, 0.25) is 0 Å². The van der Waals surface area contributed by atoms with Crippen LogP contribution < -0.4 is 24.4 Å². The molecule has 2 aromatic carbocycles. The Hall–Kier alpha value is -4.16. The summed E-state index contributed by atoms with van der Waals surface area (Å²) in [6.07, 6.45) is 1.75. The fourth-order valence-electron chi connectivity index (χ4n) is 4.23. The molecule has 0 bridgehead atoms. The minimum atomic E-state index is -0.664. The summed E-state index contributed by atoms with van der Waals surface area (Å²) >= 11 is 1.25. The van der Waals surface area contributed by atoms with E-state index in [9.17, 15) is 9.59 Å². The first-order chi connectivity index (χ1) is 17.8. The van der Waals surface area contributed by atoms with Crippen LogP contribution in [0.1, 0.15) is 49.4 Å². The third kappa shape index (κ3) is 5.06. The molecule has 2 heterocycles. The van der Waals surface area contributed by atoms with Gasteiger partial charge < -0.3 is 14.2 Å². The highest BCUT2D eigenvalue weighted by atomic mass is 32.1. The average Bonchev–Trinajstić information content (AvgIpc) is 3.20. The molecule has 0 aliphatic carbocycles. The standard InChI is InChI=1S/C28H27N3O5S/c1-16(2)19-7-9-20(10-8-19)25-24(27(33)35-5)17(3)30-28-31(25)26(32)23(37-28)15-18-6-11-21(36-13-12-29)22(14-18)34-4/h6-11,14-16,25H,13H2,1-5H3/t25-/m1/s1. The van der Waals surface area contributed by atoms with Gasteiger partial charge >= 0.3 is 5.97 Å². The molecule has 37 heavy (non-hydrogen) atoms. The quantitative estimate of drug-likeness (QED) is 0.445. The van der Waals surface area contributed by atoms with Crippen molar-refractivity contribution in [2.75, 3.05) is 20.8 Å². The van der Waals surface area contributed by atoms with Gasteiger partial charge in [-0.1, -0.05) is 55.5 Å². The number of ether oxygens (including phenoxy) is 3. The Labute approximate surface area is 218 Å². The number of nitrogens with zero attached hydrogens (tertiary/aromatic N) is 3. The number of allylic oxidation sites excluding steroid dienone is 1. The maximum atomic E-state index is 13.7.